The molecule has 5 rings (SSSR count). The van der Waals surface area contributed by atoms with E-state index in [-0.39, 0.29) is 0 Å². The van der Waals surface area contributed by atoms with Crippen LogP contribution in [-0.2, 0) is 0 Å². The molecule has 2 heterocycles. The van der Waals surface area contributed by atoms with E-state index in [1.807, 2.05) is 24.5 Å². The van der Waals surface area contributed by atoms with Crippen molar-refractivity contribution in [2.45, 2.75) is 0 Å². The fraction of sp³-hybridized carbons (Fsp3) is 0. The first-order valence-electron chi connectivity index (χ1n) is 8.90. The van der Waals surface area contributed by atoms with Crippen LogP contribution in [0.4, 0.5) is 0 Å². The molecule has 0 atom stereocenters. The van der Waals surface area contributed by atoms with Crippen molar-refractivity contribution in [3.05, 3.63) is 94.1 Å². The van der Waals surface area contributed by atoms with Crippen LogP contribution in [0.2, 0.25) is 0 Å². The van der Waals surface area contributed by atoms with Gasteiger partial charge in [-0.05, 0) is 43.0 Å². The van der Waals surface area contributed by atoms with Crippen LogP contribution in [-0.4, -0.2) is 9.97 Å². The second-order valence-corrected chi connectivity index (χ2v) is 8.26. The van der Waals surface area contributed by atoms with Crippen LogP contribution < -0.4 is 0 Å². The maximum Gasteiger partial charge on any atom is 0.0971 e. The molecule has 5 aromatic rings. The molecule has 0 saturated heterocycles. The maximum atomic E-state index is 4.73. The van der Waals surface area contributed by atoms with Gasteiger partial charge in [0, 0.05) is 43.2 Å². The maximum absolute atomic E-state index is 4.73. The highest BCUT2D eigenvalue weighted by Crippen LogP contribution is 2.40. The topological polar surface area (TPSA) is 25.8 Å². The monoisotopic (exact) mass is 488 g/mol. The number of hydrogen-bond acceptors (Lipinski definition) is 2. The van der Waals surface area contributed by atoms with Gasteiger partial charge in [0.2, 0.25) is 0 Å². The molecule has 0 aliphatic rings. The first-order chi connectivity index (χ1) is 13.7. The Kier molecular flexibility index (Phi) is 4.46. The molecule has 0 N–H and O–H groups in total. The number of hydrogen-bond donors (Lipinski definition) is 0. The molecule has 0 aliphatic carbocycles. The van der Waals surface area contributed by atoms with Crippen molar-refractivity contribution in [2.24, 2.45) is 0 Å². The van der Waals surface area contributed by atoms with Gasteiger partial charge in [-0.1, -0.05) is 72.8 Å². The summed E-state index contributed by atoms with van der Waals surface area (Å²) in [7, 11) is 0. The van der Waals surface area contributed by atoms with Gasteiger partial charge in [0.1, 0.15) is 0 Å². The lowest BCUT2D eigenvalue weighted by atomic mass is 9.96. The van der Waals surface area contributed by atoms with E-state index in [0.29, 0.717) is 0 Å². The zero-order valence-corrected chi connectivity index (χ0v) is 17.9. The van der Waals surface area contributed by atoms with E-state index in [0.717, 1.165) is 53.0 Å². The molecule has 4 heteroatoms. The lowest BCUT2D eigenvalue weighted by Gasteiger charge is -2.13. The number of pyridine rings is 2. The van der Waals surface area contributed by atoms with E-state index in [2.05, 4.69) is 92.5 Å². The Balaban J connectivity index is 1.88. The lowest BCUT2D eigenvalue weighted by Crippen LogP contribution is -1.92. The SMILES string of the molecule is Brc1cnc2c(ccc3c(-c4ccccc4)c(Br)cnc32)c1-c1ccccc1. The van der Waals surface area contributed by atoms with Gasteiger partial charge in [-0.15, -0.1) is 0 Å². The second kappa shape index (κ2) is 7.12. The molecule has 28 heavy (non-hydrogen) atoms. The third-order valence-corrected chi connectivity index (χ3v) is 6.11. The third-order valence-electron chi connectivity index (χ3n) is 4.91. The summed E-state index contributed by atoms with van der Waals surface area (Å²) >= 11 is 7.38. The number of benzene rings is 3. The predicted octanol–water partition coefficient (Wildman–Crippen LogP) is 7.64. The molecule has 0 aliphatic heterocycles. The number of rotatable bonds is 2. The molecule has 0 fully saturated rings. The van der Waals surface area contributed by atoms with Crippen LogP contribution in [0.25, 0.3) is 44.1 Å². The molecule has 134 valence electrons. The minimum atomic E-state index is 0.907. The fourth-order valence-electron chi connectivity index (χ4n) is 3.67. The number of fused-ring (bicyclic) bond motifs is 3. The molecule has 0 radical (unpaired) electrons. The zero-order chi connectivity index (χ0) is 19.1. The largest absolute Gasteiger partial charge is 0.253 e. The van der Waals surface area contributed by atoms with E-state index in [4.69, 9.17) is 9.97 Å². The van der Waals surface area contributed by atoms with Crippen molar-refractivity contribution in [3.63, 3.8) is 0 Å². The summed E-state index contributed by atoms with van der Waals surface area (Å²) in [4.78, 5) is 9.47. The summed E-state index contributed by atoms with van der Waals surface area (Å²) in [5.41, 5.74) is 6.40. The van der Waals surface area contributed by atoms with Gasteiger partial charge in [0.25, 0.3) is 0 Å². The van der Waals surface area contributed by atoms with Gasteiger partial charge < -0.3 is 0 Å². The molecule has 0 amide bonds. The zero-order valence-electron chi connectivity index (χ0n) is 14.7. The van der Waals surface area contributed by atoms with Gasteiger partial charge in [-0.2, -0.15) is 0 Å². The Hall–Kier alpha value is -2.56. The van der Waals surface area contributed by atoms with Gasteiger partial charge >= 0.3 is 0 Å². The predicted molar refractivity (Wildman–Crippen MR) is 123 cm³/mol. The number of aromatic nitrogens is 2. The number of nitrogens with zero attached hydrogens (tertiary/aromatic N) is 2. The molecule has 2 aromatic heterocycles. The minimum absolute atomic E-state index is 0.907. The van der Waals surface area contributed by atoms with Gasteiger partial charge in [0.05, 0.1) is 11.0 Å². The van der Waals surface area contributed by atoms with Gasteiger partial charge in [-0.25, -0.2) is 0 Å². The molecule has 3 aromatic carbocycles. The van der Waals surface area contributed by atoms with Crippen molar-refractivity contribution >= 4 is 53.7 Å². The van der Waals surface area contributed by atoms with E-state index < -0.39 is 0 Å². The Morgan fingerprint density at radius 3 is 1.29 bits per heavy atom. The van der Waals surface area contributed by atoms with Crippen LogP contribution in [0, 0.1) is 0 Å². The average Bonchev–Trinajstić information content (AvgIpc) is 2.74. The highest BCUT2D eigenvalue weighted by Gasteiger charge is 2.16. The minimum Gasteiger partial charge on any atom is -0.253 e. The van der Waals surface area contributed by atoms with Crippen LogP contribution in [0.3, 0.4) is 0 Å². The summed E-state index contributed by atoms with van der Waals surface area (Å²) in [6.45, 7) is 0. The van der Waals surface area contributed by atoms with Crippen LogP contribution >= 0.6 is 31.9 Å². The van der Waals surface area contributed by atoms with Crippen LogP contribution in [0.5, 0.6) is 0 Å². The Morgan fingerprint density at radius 2 is 0.893 bits per heavy atom. The van der Waals surface area contributed by atoms with Crippen molar-refractivity contribution in [3.8, 4) is 22.3 Å². The highest BCUT2D eigenvalue weighted by molar-refractivity contribution is 9.11. The quantitative estimate of drug-likeness (QED) is 0.238. The van der Waals surface area contributed by atoms with E-state index in [1.54, 1.807) is 0 Å². The van der Waals surface area contributed by atoms with Crippen molar-refractivity contribution < 1.29 is 0 Å². The summed E-state index contributed by atoms with van der Waals surface area (Å²) in [6.07, 6.45) is 3.74. The lowest BCUT2D eigenvalue weighted by molar-refractivity contribution is 1.35. The normalized spacial score (nSPS) is 11.2. The summed E-state index contributed by atoms with van der Waals surface area (Å²) in [5, 5.41) is 2.17. The van der Waals surface area contributed by atoms with Gasteiger partial charge in [0.15, 0.2) is 0 Å². The Bertz CT molecular complexity index is 1210. The van der Waals surface area contributed by atoms with Crippen molar-refractivity contribution in [1.82, 2.24) is 9.97 Å². The van der Waals surface area contributed by atoms with Crippen LogP contribution in [0.1, 0.15) is 0 Å². The molecular weight excluding hydrogens is 476 g/mol. The van der Waals surface area contributed by atoms with E-state index >= 15 is 0 Å². The molecular formula is C24H14Br2N2. The Labute approximate surface area is 179 Å². The smallest absolute Gasteiger partial charge is 0.0971 e. The first kappa shape index (κ1) is 17.5. The van der Waals surface area contributed by atoms with E-state index in [1.165, 1.54) is 0 Å². The summed E-state index contributed by atoms with van der Waals surface area (Å²) < 4.78 is 1.96. The summed E-state index contributed by atoms with van der Waals surface area (Å²) in [5.74, 6) is 0. The van der Waals surface area contributed by atoms with Crippen molar-refractivity contribution in [1.29, 1.82) is 0 Å². The van der Waals surface area contributed by atoms with Gasteiger partial charge in [-0.3, -0.25) is 9.97 Å². The first-order valence-corrected chi connectivity index (χ1v) is 10.5. The molecule has 0 bridgehead atoms. The molecule has 0 spiro atoms. The average molecular weight is 490 g/mol. The van der Waals surface area contributed by atoms with Crippen molar-refractivity contribution in [2.75, 3.05) is 0 Å². The molecule has 0 unspecified atom stereocenters. The standard InChI is InChI=1S/C24H14Br2N2/c25-19-13-27-23-17(21(19)15-7-3-1-4-8-15)11-12-18-22(16-9-5-2-6-10-16)20(26)14-28-24(18)23/h1-14H. The van der Waals surface area contributed by atoms with E-state index in [9.17, 15) is 0 Å². The highest BCUT2D eigenvalue weighted by atomic mass is 79.9. The number of halogens is 2. The molecule has 0 saturated carbocycles. The Morgan fingerprint density at radius 1 is 0.500 bits per heavy atom. The third kappa shape index (κ3) is 2.84. The fourth-order valence-corrected chi connectivity index (χ4v) is 4.76. The molecule has 2 nitrogen and oxygen atoms in total. The second-order valence-electron chi connectivity index (χ2n) is 6.55. The van der Waals surface area contributed by atoms with Crippen LogP contribution in [0.15, 0.2) is 94.1 Å². The summed E-state index contributed by atoms with van der Waals surface area (Å²) in [6, 6.07) is 25.1.